The maximum atomic E-state index is 11.9. The Balaban J connectivity index is 1.61. The molecule has 20 heavy (non-hydrogen) atoms. The minimum absolute atomic E-state index is 0.0561. The average molecular weight is 281 g/mol. The molecule has 2 heterocycles. The van der Waals surface area contributed by atoms with Gasteiger partial charge < -0.3 is 15.3 Å². The summed E-state index contributed by atoms with van der Waals surface area (Å²) in [7, 11) is 0. The van der Waals surface area contributed by atoms with Gasteiger partial charge in [0, 0.05) is 38.8 Å². The van der Waals surface area contributed by atoms with E-state index in [4.69, 9.17) is 5.11 Å². The summed E-state index contributed by atoms with van der Waals surface area (Å²) in [6.07, 6.45) is 5.84. The first-order valence-electron chi connectivity index (χ1n) is 7.28. The fraction of sp³-hybridized carbons (Fsp3) is 0.769. The molecule has 0 bridgehead atoms. The number of carbonyl (C=O) groups excluding carboxylic acids is 1. The number of amides is 1. The first kappa shape index (κ1) is 14.9. The minimum Gasteiger partial charge on any atom is -0.394 e. The third-order valence-corrected chi connectivity index (χ3v) is 3.45. The Kier molecular flexibility index (Phi) is 5.94. The molecule has 1 saturated heterocycles. The van der Waals surface area contributed by atoms with Crippen molar-refractivity contribution in [2.45, 2.75) is 38.8 Å². The van der Waals surface area contributed by atoms with Crippen LogP contribution in [0.5, 0.6) is 0 Å². The fourth-order valence-corrected chi connectivity index (χ4v) is 2.34. The maximum Gasteiger partial charge on any atom is 0.223 e. The van der Waals surface area contributed by atoms with Crippen molar-refractivity contribution in [1.82, 2.24) is 25.2 Å². The van der Waals surface area contributed by atoms with E-state index in [1.165, 1.54) is 6.42 Å². The van der Waals surface area contributed by atoms with Crippen molar-refractivity contribution in [1.29, 1.82) is 0 Å². The Bertz CT molecular complexity index is 415. The summed E-state index contributed by atoms with van der Waals surface area (Å²) in [5, 5.41) is 19.9. The van der Waals surface area contributed by atoms with Crippen LogP contribution >= 0.6 is 0 Å². The van der Waals surface area contributed by atoms with Gasteiger partial charge in [-0.1, -0.05) is 5.21 Å². The summed E-state index contributed by atoms with van der Waals surface area (Å²) < 4.78 is 1.61. The molecule has 1 aromatic heterocycles. The number of rotatable bonds is 7. The second kappa shape index (κ2) is 7.96. The van der Waals surface area contributed by atoms with Crippen molar-refractivity contribution in [3.05, 3.63) is 11.9 Å². The summed E-state index contributed by atoms with van der Waals surface area (Å²) in [4.78, 5) is 13.9. The fourth-order valence-electron chi connectivity index (χ4n) is 2.34. The molecule has 0 spiro atoms. The zero-order valence-electron chi connectivity index (χ0n) is 11.8. The number of aliphatic hydroxyl groups excluding tert-OH is 1. The molecule has 1 aromatic rings. The Morgan fingerprint density at radius 3 is 2.90 bits per heavy atom. The van der Waals surface area contributed by atoms with Crippen molar-refractivity contribution in [2.24, 2.45) is 0 Å². The van der Waals surface area contributed by atoms with Crippen molar-refractivity contribution in [2.75, 3.05) is 26.2 Å². The van der Waals surface area contributed by atoms with Crippen molar-refractivity contribution >= 4 is 5.91 Å². The van der Waals surface area contributed by atoms with Gasteiger partial charge in [-0.25, -0.2) is 4.68 Å². The highest BCUT2D eigenvalue weighted by molar-refractivity contribution is 5.76. The van der Waals surface area contributed by atoms with Crippen LogP contribution in [-0.2, 0) is 17.9 Å². The van der Waals surface area contributed by atoms with Crippen LogP contribution in [-0.4, -0.2) is 57.1 Å². The van der Waals surface area contributed by atoms with Gasteiger partial charge in [-0.3, -0.25) is 4.79 Å². The Morgan fingerprint density at radius 2 is 2.15 bits per heavy atom. The van der Waals surface area contributed by atoms with E-state index in [9.17, 15) is 4.79 Å². The van der Waals surface area contributed by atoms with Gasteiger partial charge in [-0.05, 0) is 19.3 Å². The minimum atomic E-state index is 0.0561. The highest BCUT2D eigenvalue weighted by atomic mass is 16.3. The molecule has 1 aliphatic rings. The second-order valence-corrected chi connectivity index (χ2v) is 5.06. The van der Waals surface area contributed by atoms with Crippen LogP contribution in [0, 0.1) is 0 Å². The molecule has 1 fully saturated rings. The zero-order chi connectivity index (χ0) is 14.2. The Hall–Kier alpha value is -1.47. The molecule has 2 N–H and O–H groups in total. The Labute approximate surface area is 119 Å². The molecular formula is C13H23N5O2. The van der Waals surface area contributed by atoms with E-state index in [1.54, 1.807) is 10.9 Å². The number of likely N-dealkylation sites (tertiary alicyclic amines) is 1. The summed E-state index contributed by atoms with van der Waals surface area (Å²) in [5.74, 6) is 0.237. The van der Waals surface area contributed by atoms with Gasteiger partial charge in [0.05, 0.1) is 18.8 Å². The lowest BCUT2D eigenvalue weighted by Gasteiger charge is -2.26. The largest absolute Gasteiger partial charge is 0.394 e. The van der Waals surface area contributed by atoms with E-state index in [0.717, 1.165) is 31.6 Å². The SMILES string of the molecule is O=C(CCNCc1cn(CCO)nn1)N1CCCCC1. The van der Waals surface area contributed by atoms with Crippen LogP contribution in [0.1, 0.15) is 31.4 Å². The second-order valence-electron chi connectivity index (χ2n) is 5.06. The molecule has 0 aliphatic carbocycles. The van der Waals surface area contributed by atoms with E-state index in [-0.39, 0.29) is 12.5 Å². The van der Waals surface area contributed by atoms with Gasteiger partial charge in [0.15, 0.2) is 0 Å². The van der Waals surface area contributed by atoms with E-state index in [1.807, 2.05) is 4.90 Å². The van der Waals surface area contributed by atoms with Crippen molar-refractivity contribution < 1.29 is 9.90 Å². The number of nitrogens with zero attached hydrogens (tertiary/aromatic N) is 4. The van der Waals surface area contributed by atoms with E-state index >= 15 is 0 Å². The van der Waals surface area contributed by atoms with Crippen molar-refractivity contribution in [3.63, 3.8) is 0 Å². The van der Waals surface area contributed by atoms with Gasteiger partial charge in [-0.15, -0.1) is 5.10 Å². The molecule has 0 atom stereocenters. The molecule has 112 valence electrons. The molecule has 0 aromatic carbocycles. The smallest absolute Gasteiger partial charge is 0.223 e. The summed E-state index contributed by atoms with van der Waals surface area (Å²) in [5.41, 5.74) is 0.823. The third kappa shape index (κ3) is 4.57. The average Bonchev–Trinajstić information content (AvgIpc) is 2.92. The topological polar surface area (TPSA) is 83.3 Å². The quantitative estimate of drug-likeness (QED) is 0.674. The molecule has 0 unspecified atom stereocenters. The summed E-state index contributed by atoms with van der Waals surface area (Å²) in [6.45, 7) is 3.59. The standard InChI is InChI=1S/C13H23N5O2/c19-9-8-18-11-12(15-16-18)10-14-5-4-13(20)17-6-2-1-3-7-17/h11,14,19H,1-10H2. The van der Waals surface area contributed by atoms with Crippen LogP contribution in [0.3, 0.4) is 0 Å². The first-order chi connectivity index (χ1) is 9.79. The highest BCUT2D eigenvalue weighted by Crippen LogP contribution is 2.09. The normalized spacial score (nSPS) is 15.6. The maximum absolute atomic E-state index is 11.9. The highest BCUT2D eigenvalue weighted by Gasteiger charge is 2.15. The number of nitrogens with one attached hydrogen (secondary N) is 1. The first-order valence-corrected chi connectivity index (χ1v) is 7.28. The predicted octanol–water partition coefficient (Wildman–Crippen LogP) is -0.237. The van der Waals surface area contributed by atoms with Crippen molar-refractivity contribution in [3.8, 4) is 0 Å². The molecule has 1 amide bonds. The number of aromatic nitrogens is 3. The lowest BCUT2D eigenvalue weighted by atomic mass is 10.1. The zero-order valence-corrected chi connectivity index (χ0v) is 11.8. The lowest BCUT2D eigenvalue weighted by molar-refractivity contribution is -0.131. The molecule has 7 nitrogen and oxygen atoms in total. The molecule has 7 heteroatoms. The molecule has 1 aliphatic heterocycles. The number of aliphatic hydroxyl groups is 1. The van der Waals surface area contributed by atoms with Gasteiger partial charge >= 0.3 is 0 Å². The summed E-state index contributed by atoms with van der Waals surface area (Å²) in [6, 6.07) is 0. The molecular weight excluding hydrogens is 258 g/mol. The van der Waals surface area contributed by atoms with Crippen LogP contribution in [0.4, 0.5) is 0 Å². The number of piperidine rings is 1. The van der Waals surface area contributed by atoms with E-state index < -0.39 is 0 Å². The van der Waals surface area contributed by atoms with Gasteiger partial charge in [0.2, 0.25) is 5.91 Å². The molecule has 2 rings (SSSR count). The van der Waals surface area contributed by atoms with Crippen LogP contribution in [0.15, 0.2) is 6.20 Å². The lowest BCUT2D eigenvalue weighted by Crippen LogP contribution is -2.37. The number of hydrogen-bond donors (Lipinski definition) is 2. The van der Waals surface area contributed by atoms with E-state index in [2.05, 4.69) is 15.6 Å². The van der Waals surface area contributed by atoms with Gasteiger partial charge in [0.25, 0.3) is 0 Å². The van der Waals surface area contributed by atoms with Gasteiger partial charge in [-0.2, -0.15) is 0 Å². The molecule has 0 saturated carbocycles. The number of hydrogen-bond acceptors (Lipinski definition) is 5. The molecule has 0 radical (unpaired) electrons. The predicted molar refractivity (Wildman–Crippen MR) is 73.9 cm³/mol. The van der Waals surface area contributed by atoms with Gasteiger partial charge in [0.1, 0.15) is 0 Å². The third-order valence-electron chi connectivity index (χ3n) is 3.45. The van der Waals surface area contributed by atoms with Crippen LogP contribution in [0.25, 0.3) is 0 Å². The van der Waals surface area contributed by atoms with E-state index in [0.29, 0.717) is 26.1 Å². The summed E-state index contributed by atoms with van der Waals surface area (Å²) >= 11 is 0. The van der Waals surface area contributed by atoms with Crippen LogP contribution in [0.2, 0.25) is 0 Å². The Morgan fingerprint density at radius 1 is 1.35 bits per heavy atom. The monoisotopic (exact) mass is 281 g/mol. The van der Waals surface area contributed by atoms with Crippen LogP contribution < -0.4 is 5.32 Å². The number of carbonyl (C=O) groups is 1.